The first-order chi connectivity index (χ1) is 6.42. The van der Waals surface area contributed by atoms with Crippen LogP contribution in [-0.4, -0.2) is 23.2 Å². The van der Waals surface area contributed by atoms with Crippen molar-refractivity contribution in [2.45, 2.75) is 52.0 Å². The van der Waals surface area contributed by atoms with Crippen molar-refractivity contribution in [1.29, 1.82) is 0 Å². The molecule has 1 aliphatic rings. The Morgan fingerprint density at radius 2 is 2.07 bits per heavy atom. The molecule has 0 unspecified atom stereocenters. The van der Waals surface area contributed by atoms with Crippen LogP contribution in [0.15, 0.2) is 0 Å². The molecule has 1 aliphatic carbocycles. The molecule has 3 heteroatoms. The van der Waals surface area contributed by atoms with E-state index in [1.807, 2.05) is 0 Å². The van der Waals surface area contributed by atoms with Gasteiger partial charge < -0.3 is 10.4 Å². The predicted molar refractivity (Wildman–Crippen MR) is 56.3 cm³/mol. The zero-order chi connectivity index (χ0) is 10.8. The van der Waals surface area contributed by atoms with Gasteiger partial charge in [0.1, 0.15) is 0 Å². The predicted octanol–water partition coefficient (Wildman–Crippen LogP) is 2.02. The zero-order valence-corrected chi connectivity index (χ0v) is 9.39. The van der Waals surface area contributed by atoms with E-state index in [-0.39, 0.29) is 5.54 Å². The first kappa shape index (κ1) is 11.5. The molecule has 1 fully saturated rings. The van der Waals surface area contributed by atoms with E-state index in [4.69, 9.17) is 5.11 Å². The number of hydrogen-bond donors (Lipinski definition) is 2. The molecule has 0 aromatic heterocycles. The average Bonchev–Trinajstić information content (AvgIpc) is 2.02. The maximum absolute atomic E-state index is 10.9. The first-order valence-corrected chi connectivity index (χ1v) is 5.40. The number of nitrogens with one attached hydrogen (secondary N) is 1. The highest BCUT2D eigenvalue weighted by molar-refractivity contribution is 5.73. The molecule has 14 heavy (non-hydrogen) atoms. The summed E-state index contributed by atoms with van der Waals surface area (Å²) in [5.74, 6) is -0.726. The second kappa shape index (κ2) is 3.89. The number of carboxylic acids is 1. The molecule has 0 radical (unpaired) electrons. The van der Waals surface area contributed by atoms with Gasteiger partial charge in [0.05, 0.1) is 5.41 Å². The molecule has 82 valence electrons. The van der Waals surface area contributed by atoms with E-state index in [1.165, 1.54) is 19.3 Å². The Hall–Kier alpha value is -0.570. The van der Waals surface area contributed by atoms with Crippen molar-refractivity contribution in [2.24, 2.45) is 5.41 Å². The summed E-state index contributed by atoms with van der Waals surface area (Å²) in [4.78, 5) is 10.9. The van der Waals surface area contributed by atoms with Gasteiger partial charge in [-0.05, 0) is 39.5 Å². The van der Waals surface area contributed by atoms with Crippen LogP contribution in [0.4, 0.5) is 0 Å². The molecule has 0 aromatic carbocycles. The molecule has 0 spiro atoms. The van der Waals surface area contributed by atoms with E-state index in [9.17, 15) is 4.79 Å². The fourth-order valence-corrected chi connectivity index (χ4v) is 1.74. The van der Waals surface area contributed by atoms with E-state index < -0.39 is 11.4 Å². The summed E-state index contributed by atoms with van der Waals surface area (Å²) < 4.78 is 0. The highest BCUT2D eigenvalue weighted by atomic mass is 16.4. The fourth-order valence-electron chi connectivity index (χ4n) is 1.74. The lowest BCUT2D eigenvalue weighted by molar-refractivity contribution is -0.146. The largest absolute Gasteiger partial charge is 0.481 e. The van der Waals surface area contributed by atoms with Crippen LogP contribution in [0.1, 0.15) is 46.5 Å². The summed E-state index contributed by atoms with van der Waals surface area (Å²) in [7, 11) is 0. The van der Waals surface area contributed by atoms with E-state index in [0.29, 0.717) is 6.54 Å². The van der Waals surface area contributed by atoms with Gasteiger partial charge in [-0.1, -0.05) is 6.92 Å². The number of rotatable bonds is 5. The van der Waals surface area contributed by atoms with Crippen LogP contribution in [0.25, 0.3) is 0 Å². The molecule has 3 nitrogen and oxygen atoms in total. The smallest absolute Gasteiger partial charge is 0.310 e. The minimum Gasteiger partial charge on any atom is -0.481 e. The van der Waals surface area contributed by atoms with Crippen LogP contribution in [0.2, 0.25) is 0 Å². The van der Waals surface area contributed by atoms with Gasteiger partial charge in [0.15, 0.2) is 0 Å². The summed E-state index contributed by atoms with van der Waals surface area (Å²) in [5, 5.41) is 12.4. The minimum atomic E-state index is -0.726. The molecular formula is C11H21NO2. The summed E-state index contributed by atoms with van der Waals surface area (Å²) in [6, 6.07) is 0. The average molecular weight is 199 g/mol. The minimum absolute atomic E-state index is 0.243. The normalized spacial score (nSPS) is 20.2. The van der Waals surface area contributed by atoms with Crippen LogP contribution in [0, 0.1) is 5.41 Å². The van der Waals surface area contributed by atoms with Gasteiger partial charge in [-0.2, -0.15) is 0 Å². The fraction of sp³-hybridized carbons (Fsp3) is 0.909. The summed E-state index contributed by atoms with van der Waals surface area (Å²) in [5.41, 5.74) is -0.412. The summed E-state index contributed by atoms with van der Waals surface area (Å²) in [6.45, 7) is 6.27. The summed E-state index contributed by atoms with van der Waals surface area (Å²) >= 11 is 0. The highest BCUT2D eigenvalue weighted by Crippen LogP contribution is 2.35. The number of carboxylic acid groups (broad SMARTS) is 1. The molecule has 0 aliphatic heterocycles. The van der Waals surface area contributed by atoms with Gasteiger partial charge in [-0.3, -0.25) is 4.79 Å². The van der Waals surface area contributed by atoms with Crippen LogP contribution in [0.3, 0.4) is 0 Å². The lowest BCUT2D eigenvalue weighted by Crippen LogP contribution is -2.54. The maximum atomic E-state index is 10.9. The number of aliphatic carboxylic acids is 1. The Morgan fingerprint density at radius 1 is 1.50 bits per heavy atom. The van der Waals surface area contributed by atoms with Gasteiger partial charge in [-0.15, -0.1) is 0 Å². The lowest BCUT2D eigenvalue weighted by atomic mass is 9.74. The second-order valence-electron chi connectivity index (χ2n) is 5.03. The molecule has 0 amide bonds. The zero-order valence-electron chi connectivity index (χ0n) is 9.39. The maximum Gasteiger partial charge on any atom is 0.310 e. The van der Waals surface area contributed by atoms with Gasteiger partial charge >= 0.3 is 5.97 Å². The molecule has 0 bridgehead atoms. The Bertz CT molecular complexity index is 214. The Balaban J connectivity index is 2.43. The Labute approximate surface area is 85.9 Å². The van der Waals surface area contributed by atoms with Crippen molar-refractivity contribution in [2.75, 3.05) is 6.54 Å². The van der Waals surface area contributed by atoms with Crippen molar-refractivity contribution in [3.05, 3.63) is 0 Å². The topological polar surface area (TPSA) is 49.3 Å². The monoisotopic (exact) mass is 199 g/mol. The van der Waals surface area contributed by atoms with E-state index >= 15 is 0 Å². The molecular weight excluding hydrogens is 178 g/mol. The molecule has 0 saturated heterocycles. The Kier molecular flexibility index (Phi) is 3.20. The molecule has 1 rings (SSSR count). The van der Waals surface area contributed by atoms with E-state index in [1.54, 1.807) is 13.8 Å². The molecule has 0 heterocycles. The summed E-state index contributed by atoms with van der Waals surface area (Å²) in [6.07, 6.45) is 4.76. The third-order valence-electron chi connectivity index (χ3n) is 3.47. The van der Waals surface area contributed by atoms with Crippen molar-refractivity contribution < 1.29 is 9.90 Å². The lowest BCUT2D eigenvalue weighted by Gasteiger charge is -2.43. The van der Waals surface area contributed by atoms with Gasteiger partial charge in [0.25, 0.3) is 0 Å². The van der Waals surface area contributed by atoms with Crippen LogP contribution < -0.4 is 5.32 Å². The van der Waals surface area contributed by atoms with Gasteiger partial charge in [0.2, 0.25) is 0 Å². The van der Waals surface area contributed by atoms with Crippen molar-refractivity contribution >= 4 is 5.97 Å². The second-order valence-corrected chi connectivity index (χ2v) is 5.03. The number of carbonyl (C=O) groups is 1. The van der Waals surface area contributed by atoms with Crippen LogP contribution >= 0.6 is 0 Å². The quantitative estimate of drug-likeness (QED) is 0.712. The first-order valence-electron chi connectivity index (χ1n) is 5.40. The molecule has 2 N–H and O–H groups in total. The van der Waals surface area contributed by atoms with Crippen molar-refractivity contribution in [3.8, 4) is 0 Å². The van der Waals surface area contributed by atoms with E-state index in [2.05, 4.69) is 12.2 Å². The van der Waals surface area contributed by atoms with Crippen molar-refractivity contribution in [1.82, 2.24) is 5.32 Å². The number of hydrogen-bond acceptors (Lipinski definition) is 2. The Morgan fingerprint density at radius 3 is 2.36 bits per heavy atom. The third-order valence-corrected chi connectivity index (χ3v) is 3.47. The highest BCUT2D eigenvalue weighted by Gasteiger charge is 2.37. The van der Waals surface area contributed by atoms with Crippen LogP contribution in [-0.2, 0) is 4.79 Å². The van der Waals surface area contributed by atoms with E-state index in [0.717, 1.165) is 6.42 Å². The molecule has 1 saturated carbocycles. The molecule has 0 aromatic rings. The van der Waals surface area contributed by atoms with Gasteiger partial charge in [0, 0.05) is 12.1 Å². The van der Waals surface area contributed by atoms with Crippen LogP contribution in [0.5, 0.6) is 0 Å². The molecule has 0 atom stereocenters. The standard InChI is InChI=1S/C11H21NO2/c1-4-11(6-5-7-11)12-8-10(2,3)9(13)14/h12H,4-8H2,1-3H3,(H,13,14). The third kappa shape index (κ3) is 2.27. The van der Waals surface area contributed by atoms with Crippen molar-refractivity contribution in [3.63, 3.8) is 0 Å². The SMILES string of the molecule is CCC1(NCC(C)(C)C(=O)O)CCC1. The van der Waals surface area contributed by atoms with Gasteiger partial charge in [-0.25, -0.2) is 0 Å².